The fourth-order valence-electron chi connectivity index (χ4n) is 17.0. The third-order valence-electron chi connectivity index (χ3n) is 22.2. The highest BCUT2D eigenvalue weighted by Gasteiger charge is 2.25. The van der Waals surface area contributed by atoms with E-state index >= 15 is 0 Å². The molecule has 24 aromatic rings. The lowest BCUT2D eigenvalue weighted by atomic mass is 9.99. The van der Waals surface area contributed by atoms with Crippen molar-refractivity contribution in [3.05, 3.63) is 370 Å². The second-order valence-electron chi connectivity index (χ2n) is 28.9. The lowest BCUT2D eigenvalue weighted by Crippen LogP contribution is -2.00. The van der Waals surface area contributed by atoms with E-state index in [2.05, 4.69) is 294 Å². The molecule has 16 aromatic carbocycles. The van der Waals surface area contributed by atoms with Gasteiger partial charge in [0.2, 0.25) is 0 Å². The van der Waals surface area contributed by atoms with Gasteiger partial charge in [-0.15, -0.1) is 22.7 Å². The molecular formula is C103H61N7O2S2. The van der Waals surface area contributed by atoms with Gasteiger partial charge in [-0.2, -0.15) is 0 Å². The Morgan fingerprint density at radius 3 is 1.00 bits per heavy atom. The van der Waals surface area contributed by atoms with E-state index in [0.29, 0.717) is 23.3 Å². The van der Waals surface area contributed by atoms with E-state index in [1.807, 2.05) is 108 Å². The molecule has 0 atom stereocenters. The number of hydrogen-bond donors (Lipinski definition) is 0. The van der Waals surface area contributed by atoms with Crippen LogP contribution in [-0.2, 0) is 0 Å². The van der Waals surface area contributed by atoms with Crippen molar-refractivity contribution in [1.82, 2.24) is 34.1 Å². The second kappa shape index (κ2) is 26.5. The number of para-hydroxylation sites is 4. The number of rotatable bonds is 10. The van der Waals surface area contributed by atoms with Crippen LogP contribution in [0.15, 0.2) is 379 Å². The number of benzene rings is 16. The van der Waals surface area contributed by atoms with Crippen molar-refractivity contribution in [2.75, 3.05) is 0 Å². The summed E-state index contributed by atoms with van der Waals surface area (Å²) < 4.78 is 23.1. The molecule has 8 heterocycles. The first-order valence-electron chi connectivity index (χ1n) is 38.2. The highest BCUT2D eigenvalue weighted by atomic mass is 32.1. The number of nitrogens with zero attached hydrogens (tertiary/aromatic N) is 7. The van der Waals surface area contributed by atoms with Crippen LogP contribution < -0.4 is 0 Å². The van der Waals surface area contributed by atoms with Crippen molar-refractivity contribution >= 4 is 151 Å². The third-order valence-corrected chi connectivity index (χ3v) is 24.7. The summed E-state index contributed by atoms with van der Waals surface area (Å²) in [5, 5.41) is 14.1. The molecule has 0 unspecified atom stereocenters. The summed E-state index contributed by atoms with van der Waals surface area (Å²) in [5.74, 6) is 2.61. The van der Waals surface area contributed by atoms with Crippen LogP contribution in [0.4, 0.5) is 0 Å². The Morgan fingerprint density at radius 2 is 0.561 bits per heavy atom. The second-order valence-corrected chi connectivity index (χ2v) is 31.0. The minimum absolute atomic E-state index is 0.630. The van der Waals surface area contributed by atoms with Crippen molar-refractivity contribution in [3.63, 3.8) is 0 Å². The summed E-state index contributed by atoms with van der Waals surface area (Å²) in [7, 11) is 0. The molecule has 0 aliphatic rings. The van der Waals surface area contributed by atoms with Gasteiger partial charge in [-0.1, -0.05) is 267 Å². The zero-order valence-electron chi connectivity index (χ0n) is 61.0. The Bertz CT molecular complexity index is 7410. The smallest absolute Gasteiger partial charge is 0.164 e. The fraction of sp³-hybridized carbons (Fsp3) is 0. The Labute approximate surface area is 660 Å². The van der Waals surface area contributed by atoms with E-state index in [9.17, 15) is 0 Å². The van der Waals surface area contributed by atoms with E-state index in [0.717, 1.165) is 155 Å². The number of hydrogen-bond acceptors (Lipinski definition) is 9. The lowest BCUT2D eigenvalue weighted by molar-refractivity contribution is 0.672. The minimum Gasteiger partial charge on any atom is -0.455 e. The van der Waals surface area contributed by atoms with Crippen LogP contribution >= 0.6 is 22.7 Å². The van der Waals surface area contributed by atoms with Crippen LogP contribution in [0.3, 0.4) is 0 Å². The predicted octanol–water partition coefficient (Wildman–Crippen LogP) is 28.4. The first-order chi connectivity index (χ1) is 56.5. The predicted molar refractivity (Wildman–Crippen MR) is 474 cm³/mol. The maximum absolute atomic E-state index is 6.64. The zero-order chi connectivity index (χ0) is 74.9. The van der Waals surface area contributed by atoms with E-state index in [-0.39, 0.29) is 0 Å². The number of fused-ring (bicyclic) bond motifs is 20. The van der Waals surface area contributed by atoms with Crippen molar-refractivity contribution in [1.29, 1.82) is 0 Å². The molecule has 0 aliphatic heterocycles. The third kappa shape index (κ3) is 10.8. The summed E-state index contributed by atoms with van der Waals surface area (Å²) in [5.41, 5.74) is 22.5. The van der Waals surface area contributed by atoms with E-state index < -0.39 is 0 Å². The monoisotopic (exact) mass is 1490 g/mol. The summed E-state index contributed by atoms with van der Waals surface area (Å²) >= 11 is 3.68. The van der Waals surface area contributed by atoms with Gasteiger partial charge in [0.25, 0.3) is 0 Å². The molecule has 0 N–H and O–H groups in total. The van der Waals surface area contributed by atoms with E-state index in [1.165, 1.54) is 51.3 Å². The molecule has 532 valence electrons. The Balaban J connectivity index is 0.000000135. The molecule has 24 rings (SSSR count). The molecule has 0 bridgehead atoms. The number of furan rings is 2. The standard InChI is InChI=1S/C52H31N3OS.C51H30N4OS/c1-3-14-32(15-4-1)43-31-44(33-16-5-2-6-17-33)54-52(53-43)35-19-13-18-34(28-35)41-29-36(30-42-38-21-9-12-25-48(38)57-51(41)42)55-45-23-10-7-22-40(45)49-46(55)27-26-39-37-20-8-11-24-47(37)56-50(39)49;1-3-14-31(15-4-1)49-52-50(32-16-5-2-6-17-32)54-51(53-49)34-19-13-18-33(28-34)40-29-35(30-41-37-21-9-12-25-45(37)57-48(40)41)55-42-23-10-7-22-39(42)46-43(55)27-26-38-36-20-8-11-24-44(36)56-47(38)46/h1-31H;1-30H. The minimum atomic E-state index is 0.630. The zero-order valence-corrected chi connectivity index (χ0v) is 62.6. The van der Waals surface area contributed by atoms with Crippen LogP contribution in [0, 0.1) is 0 Å². The van der Waals surface area contributed by atoms with Gasteiger partial charge in [0.15, 0.2) is 23.3 Å². The van der Waals surface area contributed by atoms with Crippen LogP contribution in [0.5, 0.6) is 0 Å². The first kappa shape index (κ1) is 65.2. The normalized spacial score (nSPS) is 11.9. The average molecular weight is 1490 g/mol. The van der Waals surface area contributed by atoms with E-state index in [4.69, 9.17) is 33.8 Å². The summed E-state index contributed by atoms with van der Waals surface area (Å²) in [6.45, 7) is 0. The highest BCUT2D eigenvalue weighted by molar-refractivity contribution is 7.26. The molecule has 0 fully saturated rings. The molecule has 0 radical (unpaired) electrons. The largest absolute Gasteiger partial charge is 0.455 e. The summed E-state index contributed by atoms with van der Waals surface area (Å²) in [6, 6.07) is 130. The quantitative estimate of drug-likeness (QED) is 0.134. The van der Waals surface area contributed by atoms with Crippen molar-refractivity contribution in [3.8, 4) is 102 Å². The SMILES string of the molecule is c1ccc(-c2cc(-c3ccccc3)nc(-c3cccc(-c4cc(-n5c6ccccc6c6c7oc8ccccc8c7ccc65)cc5c4sc4ccccc45)c3)n2)cc1.c1ccc(-c2nc(-c3ccccc3)nc(-c3cccc(-c4cc(-n5c6ccccc6c6c7oc8ccccc8c7ccc65)cc5c4sc4ccccc45)c3)n2)cc1. The average Bonchev–Trinajstić information content (AvgIpc) is 1.56. The molecule has 114 heavy (non-hydrogen) atoms. The Morgan fingerprint density at radius 1 is 0.219 bits per heavy atom. The van der Waals surface area contributed by atoms with Crippen molar-refractivity contribution in [2.45, 2.75) is 0 Å². The van der Waals surface area contributed by atoms with Crippen LogP contribution in [0.25, 0.3) is 230 Å². The summed E-state index contributed by atoms with van der Waals surface area (Å²) in [4.78, 5) is 25.4. The van der Waals surface area contributed by atoms with Crippen molar-refractivity contribution in [2.24, 2.45) is 0 Å². The van der Waals surface area contributed by atoms with Gasteiger partial charge in [-0.05, 0) is 114 Å². The van der Waals surface area contributed by atoms with Gasteiger partial charge in [0.05, 0.1) is 44.2 Å². The number of aromatic nitrogens is 7. The van der Waals surface area contributed by atoms with Gasteiger partial charge < -0.3 is 18.0 Å². The van der Waals surface area contributed by atoms with Crippen LogP contribution in [0.1, 0.15) is 0 Å². The molecule has 0 amide bonds. The van der Waals surface area contributed by atoms with Gasteiger partial charge in [0.1, 0.15) is 22.3 Å². The highest BCUT2D eigenvalue weighted by Crippen LogP contribution is 2.49. The molecule has 0 saturated heterocycles. The molecule has 0 spiro atoms. The maximum Gasteiger partial charge on any atom is 0.164 e. The van der Waals surface area contributed by atoms with Crippen LogP contribution in [0.2, 0.25) is 0 Å². The number of thiophene rings is 2. The molecule has 8 aromatic heterocycles. The molecular weight excluding hydrogens is 1430 g/mol. The maximum atomic E-state index is 6.64. The van der Waals surface area contributed by atoms with Crippen molar-refractivity contribution < 1.29 is 8.83 Å². The van der Waals surface area contributed by atoms with E-state index in [1.54, 1.807) is 0 Å². The molecule has 9 nitrogen and oxygen atoms in total. The molecule has 0 saturated carbocycles. The fourth-order valence-corrected chi connectivity index (χ4v) is 19.5. The van der Waals surface area contributed by atoms with Gasteiger partial charge in [-0.25, -0.2) is 24.9 Å². The van der Waals surface area contributed by atoms with Crippen LogP contribution in [-0.4, -0.2) is 34.1 Å². The van der Waals surface area contributed by atoms with Gasteiger partial charge in [-0.3, -0.25) is 0 Å². The lowest BCUT2D eigenvalue weighted by Gasteiger charge is -2.13. The topological polar surface area (TPSA) is 101 Å². The Kier molecular flexibility index (Phi) is 15.1. The van der Waals surface area contributed by atoms with Gasteiger partial charge in [0, 0.05) is 129 Å². The summed E-state index contributed by atoms with van der Waals surface area (Å²) in [6.07, 6.45) is 0. The van der Waals surface area contributed by atoms with Gasteiger partial charge >= 0.3 is 0 Å². The Hall–Kier alpha value is -14.8. The molecule has 0 aliphatic carbocycles. The molecule has 11 heteroatoms. The first-order valence-corrected chi connectivity index (χ1v) is 39.8.